The second-order valence-corrected chi connectivity index (χ2v) is 6.18. The molecule has 0 saturated carbocycles. The molecule has 0 radical (unpaired) electrons. The molecule has 1 aromatic carbocycles. The fraction of sp³-hybridized carbons (Fsp3) is 0.529. The van der Waals surface area contributed by atoms with E-state index in [2.05, 4.69) is 0 Å². The first-order valence-electron chi connectivity index (χ1n) is 7.87. The lowest BCUT2D eigenvalue weighted by Gasteiger charge is -2.31. The maximum absolute atomic E-state index is 13.1. The van der Waals surface area contributed by atoms with Gasteiger partial charge in [0.2, 0.25) is 5.91 Å². The standard InChI is InChI=1S/C17H20F3NO3/c1-11(13-4-2-3-5-14(13)17(18,19)20)10-15(22)21-8-6-12(7-9-21)16(23)24/h2-5,11-12H,6-10H2,1H3,(H,23,24)/t11-/m1/s1. The average molecular weight is 343 g/mol. The molecule has 1 aromatic rings. The Morgan fingerprint density at radius 1 is 1.25 bits per heavy atom. The number of aliphatic carboxylic acids is 1. The van der Waals surface area contributed by atoms with E-state index in [1.807, 2.05) is 0 Å². The zero-order valence-corrected chi connectivity index (χ0v) is 13.3. The molecule has 0 spiro atoms. The van der Waals surface area contributed by atoms with Crippen LogP contribution in [-0.2, 0) is 15.8 Å². The van der Waals surface area contributed by atoms with E-state index in [4.69, 9.17) is 5.11 Å². The lowest BCUT2D eigenvalue weighted by molar-refractivity contribution is -0.145. The van der Waals surface area contributed by atoms with Crippen molar-refractivity contribution in [2.45, 2.75) is 38.3 Å². The summed E-state index contributed by atoms with van der Waals surface area (Å²) < 4.78 is 39.2. The summed E-state index contributed by atoms with van der Waals surface area (Å²) in [6, 6.07) is 5.29. The van der Waals surface area contributed by atoms with E-state index in [0.29, 0.717) is 25.9 Å². The molecule has 132 valence electrons. The lowest BCUT2D eigenvalue weighted by Crippen LogP contribution is -2.40. The van der Waals surface area contributed by atoms with Gasteiger partial charge in [0.25, 0.3) is 0 Å². The van der Waals surface area contributed by atoms with Gasteiger partial charge in [-0.1, -0.05) is 25.1 Å². The van der Waals surface area contributed by atoms with Gasteiger partial charge in [0.1, 0.15) is 0 Å². The first kappa shape index (κ1) is 18.3. The third kappa shape index (κ3) is 4.27. The number of carbonyl (C=O) groups excluding carboxylic acids is 1. The molecule has 1 aliphatic heterocycles. The summed E-state index contributed by atoms with van der Waals surface area (Å²) in [6.45, 7) is 2.28. The van der Waals surface area contributed by atoms with E-state index in [9.17, 15) is 22.8 Å². The number of nitrogens with zero attached hydrogens (tertiary/aromatic N) is 1. The van der Waals surface area contributed by atoms with Crippen molar-refractivity contribution < 1.29 is 27.9 Å². The quantitative estimate of drug-likeness (QED) is 0.910. The predicted molar refractivity (Wildman–Crippen MR) is 81.4 cm³/mol. The minimum atomic E-state index is -4.45. The van der Waals surface area contributed by atoms with Gasteiger partial charge in [-0.25, -0.2) is 0 Å². The van der Waals surface area contributed by atoms with Gasteiger partial charge in [0.15, 0.2) is 0 Å². The van der Waals surface area contributed by atoms with Crippen LogP contribution in [0.5, 0.6) is 0 Å². The van der Waals surface area contributed by atoms with Crippen LogP contribution in [0.4, 0.5) is 13.2 Å². The van der Waals surface area contributed by atoms with Crippen molar-refractivity contribution in [3.8, 4) is 0 Å². The fourth-order valence-corrected chi connectivity index (χ4v) is 3.06. The molecule has 1 heterocycles. The minimum absolute atomic E-state index is 0.0230. The molecular weight excluding hydrogens is 323 g/mol. The third-order valence-electron chi connectivity index (χ3n) is 4.47. The van der Waals surface area contributed by atoms with Gasteiger partial charge in [0, 0.05) is 19.5 Å². The Morgan fingerprint density at radius 3 is 2.38 bits per heavy atom. The van der Waals surface area contributed by atoms with Gasteiger partial charge in [-0.05, 0) is 30.4 Å². The van der Waals surface area contributed by atoms with Crippen LogP contribution in [0.3, 0.4) is 0 Å². The molecule has 0 bridgehead atoms. The summed E-state index contributed by atoms with van der Waals surface area (Å²) in [4.78, 5) is 24.8. The van der Waals surface area contributed by atoms with Crippen LogP contribution < -0.4 is 0 Å². The Kier molecular flexibility index (Phi) is 5.51. The van der Waals surface area contributed by atoms with Gasteiger partial charge >= 0.3 is 12.1 Å². The maximum Gasteiger partial charge on any atom is 0.416 e. The van der Waals surface area contributed by atoms with E-state index in [1.165, 1.54) is 18.2 Å². The number of carbonyl (C=O) groups is 2. The SMILES string of the molecule is C[C@H](CC(=O)N1CCC(C(=O)O)CC1)c1ccccc1C(F)(F)F. The van der Waals surface area contributed by atoms with E-state index < -0.39 is 29.5 Å². The Morgan fingerprint density at radius 2 is 1.83 bits per heavy atom. The van der Waals surface area contributed by atoms with Crippen LogP contribution in [-0.4, -0.2) is 35.0 Å². The van der Waals surface area contributed by atoms with Crippen LogP contribution in [0, 0.1) is 5.92 Å². The predicted octanol–water partition coefficient (Wildman–Crippen LogP) is 3.52. The van der Waals surface area contributed by atoms with E-state index in [0.717, 1.165) is 6.07 Å². The molecule has 7 heteroatoms. The highest BCUT2D eigenvalue weighted by Crippen LogP contribution is 2.36. The Labute approximate surface area is 138 Å². The number of likely N-dealkylation sites (tertiary alicyclic amines) is 1. The zero-order chi connectivity index (χ0) is 17.9. The molecule has 0 aliphatic carbocycles. The topological polar surface area (TPSA) is 57.6 Å². The summed E-state index contributed by atoms with van der Waals surface area (Å²) in [5.41, 5.74) is -0.603. The highest BCUT2D eigenvalue weighted by Gasteiger charge is 2.35. The Balaban J connectivity index is 2.02. The minimum Gasteiger partial charge on any atom is -0.481 e. The van der Waals surface area contributed by atoms with Gasteiger partial charge in [-0.2, -0.15) is 13.2 Å². The molecule has 1 amide bonds. The van der Waals surface area contributed by atoms with Crippen LogP contribution in [0.1, 0.15) is 43.2 Å². The fourth-order valence-electron chi connectivity index (χ4n) is 3.06. The molecule has 1 fully saturated rings. The number of carboxylic acids is 1. The van der Waals surface area contributed by atoms with E-state index in [-0.39, 0.29) is 17.9 Å². The molecule has 1 aliphatic rings. The Hall–Kier alpha value is -2.05. The second-order valence-electron chi connectivity index (χ2n) is 6.18. The highest BCUT2D eigenvalue weighted by atomic mass is 19.4. The Bertz CT molecular complexity index is 607. The van der Waals surface area contributed by atoms with Crippen molar-refractivity contribution in [2.75, 3.05) is 13.1 Å². The summed E-state index contributed by atoms with van der Waals surface area (Å²) in [7, 11) is 0. The summed E-state index contributed by atoms with van der Waals surface area (Å²) >= 11 is 0. The molecule has 4 nitrogen and oxygen atoms in total. The summed E-state index contributed by atoms with van der Waals surface area (Å²) in [5, 5.41) is 8.95. The monoisotopic (exact) mass is 343 g/mol. The van der Waals surface area contributed by atoms with Gasteiger partial charge < -0.3 is 10.0 Å². The number of carboxylic acid groups (broad SMARTS) is 1. The molecule has 0 unspecified atom stereocenters. The molecule has 1 atom stereocenters. The van der Waals surface area contributed by atoms with Crippen LogP contribution in [0.2, 0.25) is 0 Å². The number of halogens is 3. The largest absolute Gasteiger partial charge is 0.481 e. The number of rotatable bonds is 4. The summed E-state index contributed by atoms with van der Waals surface area (Å²) in [5.74, 6) is -2.11. The van der Waals surface area contributed by atoms with Crippen LogP contribution in [0.25, 0.3) is 0 Å². The van der Waals surface area contributed by atoms with E-state index >= 15 is 0 Å². The van der Waals surface area contributed by atoms with Gasteiger partial charge in [-0.3, -0.25) is 9.59 Å². The summed E-state index contributed by atoms with van der Waals surface area (Å²) in [6.07, 6.45) is -3.71. The zero-order valence-electron chi connectivity index (χ0n) is 13.3. The van der Waals surface area contributed by atoms with Crippen LogP contribution in [0.15, 0.2) is 24.3 Å². The van der Waals surface area contributed by atoms with Gasteiger partial charge in [-0.15, -0.1) is 0 Å². The second kappa shape index (κ2) is 7.23. The number of hydrogen-bond donors (Lipinski definition) is 1. The number of hydrogen-bond acceptors (Lipinski definition) is 2. The number of alkyl halides is 3. The first-order valence-corrected chi connectivity index (χ1v) is 7.87. The first-order chi connectivity index (χ1) is 11.2. The molecular formula is C17H20F3NO3. The number of benzene rings is 1. The molecule has 24 heavy (non-hydrogen) atoms. The van der Waals surface area contributed by atoms with Crippen molar-refractivity contribution in [1.82, 2.24) is 4.90 Å². The molecule has 1 N–H and O–H groups in total. The van der Waals surface area contributed by atoms with Crippen molar-refractivity contribution in [3.05, 3.63) is 35.4 Å². The van der Waals surface area contributed by atoms with Crippen molar-refractivity contribution in [1.29, 1.82) is 0 Å². The average Bonchev–Trinajstić information content (AvgIpc) is 2.54. The van der Waals surface area contributed by atoms with E-state index in [1.54, 1.807) is 11.8 Å². The van der Waals surface area contributed by atoms with Crippen molar-refractivity contribution >= 4 is 11.9 Å². The number of amides is 1. The van der Waals surface area contributed by atoms with Crippen molar-refractivity contribution in [3.63, 3.8) is 0 Å². The maximum atomic E-state index is 13.1. The van der Waals surface area contributed by atoms with Crippen LogP contribution >= 0.6 is 0 Å². The van der Waals surface area contributed by atoms with Gasteiger partial charge in [0.05, 0.1) is 11.5 Å². The normalized spacial score (nSPS) is 17.6. The smallest absolute Gasteiger partial charge is 0.416 e. The third-order valence-corrected chi connectivity index (χ3v) is 4.47. The molecule has 0 aromatic heterocycles. The number of piperidine rings is 1. The highest BCUT2D eigenvalue weighted by molar-refractivity contribution is 5.78. The molecule has 2 rings (SSSR count). The molecule has 1 saturated heterocycles. The van der Waals surface area contributed by atoms with Crippen molar-refractivity contribution in [2.24, 2.45) is 5.92 Å². The lowest BCUT2D eigenvalue weighted by atomic mass is 9.91.